The van der Waals surface area contributed by atoms with Gasteiger partial charge in [0.1, 0.15) is 46.1 Å². The van der Waals surface area contributed by atoms with E-state index >= 15 is 0 Å². The molecule has 0 aliphatic rings. The number of fused-ring (bicyclic) bond motifs is 2. The quantitative estimate of drug-likeness (QED) is 0.169. The fraction of sp³-hybridized carbons (Fsp3) is 0.176. The molecule has 0 spiro atoms. The molecule has 0 radical (unpaired) electrons. The largest absolute Gasteiger partial charge is 0.496 e. The fourth-order valence-corrected chi connectivity index (χ4v) is 6.48. The molecule has 9 nitrogen and oxygen atoms in total. The van der Waals surface area contributed by atoms with Crippen molar-refractivity contribution in [2.75, 3.05) is 38.0 Å². The molecule has 2 heterocycles. The van der Waals surface area contributed by atoms with Crippen LogP contribution in [0.25, 0.3) is 56.0 Å². The third kappa shape index (κ3) is 5.72. The van der Waals surface area contributed by atoms with Crippen molar-refractivity contribution in [2.45, 2.75) is 6.04 Å². The summed E-state index contributed by atoms with van der Waals surface area (Å²) in [6.07, 6.45) is 1.35. The van der Waals surface area contributed by atoms with Crippen molar-refractivity contribution in [1.29, 1.82) is 0 Å². The number of para-hydroxylation sites is 1. The number of anilines is 1. The maximum absolute atomic E-state index is 14.5. The molecule has 0 aliphatic heterocycles. The van der Waals surface area contributed by atoms with Gasteiger partial charge in [-0.25, -0.2) is 22.4 Å². The zero-order valence-corrected chi connectivity index (χ0v) is 26.2. The molecule has 2 N–H and O–H groups in total. The minimum atomic E-state index is -1.85. The van der Waals surface area contributed by atoms with E-state index < -0.39 is 47.9 Å². The molecule has 0 saturated heterocycles. The summed E-state index contributed by atoms with van der Waals surface area (Å²) in [6, 6.07) is 16.7. The van der Waals surface area contributed by atoms with Gasteiger partial charge in [0.15, 0.2) is 11.4 Å². The van der Waals surface area contributed by atoms with Crippen LogP contribution in [0.1, 0.15) is 10.4 Å². The highest BCUT2D eigenvalue weighted by Crippen LogP contribution is 2.44. The molecule has 1 amide bonds. The molecule has 2 aromatic heterocycles. The van der Waals surface area contributed by atoms with Crippen LogP contribution in [0.5, 0.6) is 5.75 Å². The SMILES string of the molecule is CNC(=O)c1c(-c2ccc(F)cc2)oc2cc(N(C(CO)CF)S(C)=O)c(-c3ccc(OC)c(-c4nc5c(F)cccc5o4)c3)cc12. The second kappa shape index (κ2) is 12.9. The Labute approximate surface area is 269 Å². The van der Waals surface area contributed by atoms with E-state index in [9.17, 15) is 27.3 Å². The molecule has 0 fully saturated rings. The third-order valence-corrected chi connectivity index (χ3v) is 8.76. The van der Waals surface area contributed by atoms with Gasteiger partial charge in [0, 0.05) is 35.9 Å². The van der Waals surface area contributed by atoms with Crippen molar-refractivity contribution in [1.82, 2.24) is 10.3 Å². The van der Waals surface area contributed by atoms with Gasteiger partial charge in [0.05, 0.1) is 36.6 Å². The van der Waals surface area contributed by atoms with Gasteiger partial charge >= 0.3 is 0 Å². The average molecular weight is 664 g/mol. The first kappa shape index (κ1) is 31.8. The van der Waals surface area contributed by atoms with Gasteiger partial charge in [-0.3, -0.25) is 9.10 Å². The number of hydrogen-bond acceptors (Lipinski definition) is 7. The standard InChI is InChI=1S/C34H28F3N3O6S/c1-38-33(42)30-23-14-22(19-9-12-27(44-2)24(13-19)34-39-31-25(37)5-4-6-28(31)46-34)26(40(47(3)43)21(16-35)17-41)15-29(23)45-32(30)18-7-10-20(36)11-8-18/h4-15,21,41H,16-17H2,1-3H3,(H,38,42). The van der Waals surface area contributed by atoms with Crippen LogP contribution in [0.3, 0.4) is 0 Å². The van der Waals surface area contributed by atoms with Crippen LogP contribution in [0.4, 0.5) is 18.9 Å². The number of halogens is 3. The Morgan fingerprint density at radius 3 is 2.40 bits per heavy atom. The lowest BCUT2D eigenvalue weighted by Crippen LogP contribution is -2.41. The van der Waals surface area contributed by atoms with Gasteiger partial charge in [-0.05, 0) is 60.2 Å². The van der Waals surface area contributed by atoms with Crippen molar-refractivity contribution in [3.8, 4) is 39.7 Å². The number of aliphatic hydroxyl groups excluding tert-OH is 1. The number of nitrogens with one attached hydrogen (secondary N) is 1. The number of carbonyl (C=O) groups excluding carboxylic acids is 1. The molecule has 6 aromatic rings. The lowest BCUT2D eigenvalue weighted by Gasteiger charge is -2.30. The molecule has 0 saturated carbocycles. The number of benzene rings is 4. The van der Waals surface area contributed by atoms with Crippen molar-refractivity contribution >= 4 is 44.6 Å². The predicted molar refractivity (Wildman–Crippen MR) is 173 cm³/mol. The zero-order chi connectivity index (χ0) is 33.4. The molecule has 2 unspecified atom stereocenters. The lowest BCUT2D eigenvalue weighted by atomic mass is 9.96. The first-order valence-electron chi connectivity index (χ1n) is 14.3. The number of alkyl halides is 1. The van der Waals surface area contributed by atoms with Crippen LogP contribution >= 0.6 is 0 Å². The second-order valence-electron chi connectivity index (χ2n) is 10.5. The highest BCUT2D eigenvalue weighted by atomic mass is 32.2. The number of aliphatic hydroxyl groups is 1. The normalized spacial score (nSPS) is 12.7. The van der Waals surface area contributed by atoms with Crippen LogP contribution < -0.4 is 14.4 Å². The summed E-state index contributed by atoms with van der Waals surface area (Å²) in [5, 5.41) is 13.0. The summed E-state index contributed by atoms with van der Waals surface area (Å²) in [6.45, 7) is -1.68. The number of ether oxygens (including phenoxy) is 1. The lowest BCUT2D eigenvalue weighted by molar-refractivity contribution is 0.0964. The van der Waals surface area contributed by atoms with E-state index in [4.69, 9.17) is 13.6 Å². The fourth-order valence-electron chi connectivity index (χ4n) is 5.50. The maximum atomic E-state index is 14.5. The number of nitrogens with zero attached hydrogens (tertiary/aromatic N) is 2. The summed E-state index contributed by atoms with van der Waals surface area (Å²) < 4.78 is 74.6. The maximum Gasteiger partial charge on any atom is 0.255 e. The van der Waals surface area contributed by atoms with E-state index in [2.05, 4.69) is 10.3 Å². The number of furan rings is 1. The summed E-state index contributed by atoms with van der Waals surface area (Å²) >= 11 is 0. The molecule has 4 aromatic carbocycles. The number of oxazole rings is 1. The van der Waals surface area contributed by atoms with E-state index in [1.54, 1.807) is 30.3 Å². The smallest absolute Gasteiger partial charge is 0.255 e. The van der Waals surface area contributed by atoms with E-state index in [1.807, 2.05) is 0 Å². The number of carbonyl (C=O) groups is 1. The number of amides is 1. The summed E-state index contributed by atoms with van der Waals surface area (Å²) in [5.41, 5.74) is 2.43. The zero-order valence-electron chi connectivity index (χ0n) is 25.3. The second-order valence-corrected chi connectivity index (χ2v) is 11.8. The van der Waals surface area contributed by atoms with E-state index in [-0.39, 0.29) is 39.6 Å². The van der Waals surface area contributed by atoms with Crippen molar-refractivity contribution in [3.63, 3.8) is 0 Å². The Balaban J connectivity index is 1.66. The number of methoxy groups -OCH3 is 1. The molecular weight excluding hydrogens is 635 g/mol. The van der Waals surface area contributed by atoms with Crippen LogP contribution in [-0.4, -0.2) is 59.9 Å². The van der Waals surface area contributed by atoms with E-state index in [1.165, 1.54) is 67.2 Å². The van der Waals surface area contributed by atoms with Crippen molar-refractivity contribution in [3.05, 3.63) is 90.0 Å². The third-order valence-electron chi connectivity index (χ3n) is 7.71. The predicted octanol–water partition coefficient (Wildman–Crippen LogP) is 6.65. The molecule has 47 heavy (non-hydrogen) atoms. The highest BCUT2D eigenvalue weighted by molar-refractivity contribution is 7.85. The van der Waals surface area contributed by atoms with Crippen molar-refractivity contribution < 1.29 is 40.9 Å². The van der Waals surface area contributed by atoms with Gasteiger partial charge in [0.25, 0.3) is 5.91 Å². The van der Waals surface area contributed by atoms with Crippen molar-refractivity contribution in [2.24, 2.45) is 0 Å². The summed E-state index contributed by atoms with van der Waals surface area (Å²) in [5.74, 6) is -0.966. The topological polar surface area (TPSA) is 118 Å². The average Bonchev–Trinajstić information content (AvgIpc) is 3.69. The highest BCUT2D eigenvalue weighted by Gasteiger charge is 2.29. The Morgan fingerprint density at radius 2 is 1.77 bits per heavy atom. The molecule has 0 aliphatic carbocycles. The molecule has 6 rings (SSSR count). The first-order chi connectivity index (χ1) is 22.7. The molecule has 0 bridgehead atoms. The summed E-state index contributed by atoms with van der Waals surface area (Å²) in [4.78, 5) is 17.7. The Bertz CT molecular complexity index is 2140. The van der Waals surface area contributed by atoms with Gasteiger partial charge < -0.3 is 24.0 Å². The Morgan fingerprint density at radius 1 is 1.02 bits per heavy atom. The molecular formula is C34H28F3N3O6S. The van der Waals surface area contributed by atoms with Gasteiger partial charge in [-0.15, -0.1) is 0 Å². The molecule has 13 heteroatoms. The van der Waals surface area contributed by atoms with E-state index in [0.717, 1.165) is 0 Å². The summed E-state index contributed by atoms with van der Waals surface area (Å²) in [7, 11) is 1.06. The Kier molecular flexibility index (Phi) is 8.76. The number of aromatic nitrogens is 1. The van der Waals surface area contributed by atoms with Crippen LogP contribution in [0.15, 0.2) is 81.6 Å². The number of hydrogen-bond donors (Lipinski definition) is 2. The van der Waals surface area contributed by atoms with Gasteiger partial charge in [-0.1, -0.05) is 12.1 Å². The minimum Gasteiger partial charge on any atom is -0.496 e. The van der Waals surface area contributed by atoms with Crippen LogP contribution in [-0.2, 0) is 11.0 Å². The molecule has 2 atom stereocenters. The monoisotopic (exact) mass is 663 g/mol. The van der Waals surface area contributed by atoms with Gasteiger partial charge in [-0.2, -0.15) is 0 Å². The van der Waals surface area contributed by atoms with Gasteiger partial charge in [0.2, 0.25) is 5.89 Å². The minimum absolute atomic E-state index is 0.0280. The molecule has 242 valence electrons. The van der Waals surface area contributed by atoms with Crippen LogP contribution in [0.2, 0.25) is 0 Å². The van der Waals surface area contributed by atoms with Crippen LogP contribution in [0, 0.1) is 11.6 Å². The first-order valence-corrected chi connectivity index (χ1v) is 15.8. The Hall–Kier alpha value is -5.14. The number of rotatable bonds is 10. The van der Waals surface area contributed by atoms with E-state index in [0.29, 0.717) is 33.4 Å².